The molecule has 162 valence electrons. The highest BCUT2D eigenvalue weighted by atomic mass is 127. The Morgan fingerprint density at radius 1 is 1.07 bits per heavy atom. The smallest absolute Gasteiger partial charge is 0.236 e. The molecule has 3 rings (SSSR count). The first-order chi connectivity index (χ1) is 13.1. The first-order valence-electron chi connectivity index (χ1n) is 11.1. The van der Waals surface area contributed by atoms with Gasteiger partial charge >= 0.3 is 0 Å². The van der Waals surface area contributed by atoms with Crippen LogP contribution in [0.1, 0.15) is 58.3 Å². The van der Waals surface area contributed by atoms with Crippen molar-refractivity contribution in [1.82, 2.24) is 20.4 Å². The number of hydrogen-bond acceptors (Lipinski definition) is 3. The van der Waals surface area contributed by atoms with Gasteiger partial charge in [-0.25, -0.2) is 0 Å². The summed E-state index contributed by atoms with van der Waals surface area (Å²) in [7, 11) is 3.66. The van der Waals surface area contributed by atoms with Crippen molar-refractivity contribution in [3.05, 3.63) is 0 Å². The van der Waals surface area contributed by atoms with E-state index in [1.165, 1.54) is 38.5 Å². The molecule has 28 heavy (non-hydrogen) atoms. The van der Waals surface area contributed by atoms with Crippen LogP contribution in [0, 0.1) is 11.8 Å². The molecule has 1 amide bonds. The van der Waals surface area contributed by atoms with Crippen LogP contribution in [0.25, 0.3) is 0 Å². The highest BCUT2D eigenvalue weighted by molar-refractivity contribution is 14.0. The van der Waals surface area contributed by atoms with E-state index in [0.29, 0.717) is 18.6 Å². The Morgan fingerprint density at radius 3 is 2.36 bits per heavy atom. The molecule has 7 heteroatoms. The second kappa shape index (κ2) is 11.6. The molecular formula is C21H40IN5O. The van der Waals surface area contributed by atoms with Gasteiger partial charge in [0.25, 0.3) is 0 Å². The SMILES string of the molecule is CCN=C(NC1CCN(CC(=O)N(C)C)CC1)NC1CC1C1CCCCC1.I. The zero-order chi connectivity index (χ0) is 19.2. The van der Waals surface area contributed by atoms with Gasteiger partial charge in [-0.3, -0.25) is 14.7 Å². The summed E-state index contributed by atoms with van der Waals surface area (Å²) in [5.41, 5.74) is 0. The Balaban J connectivity index is 0.00000280. The number of amides is 1. The molecular weight excluding hydrogens is 465 g/mol. The summed E-state index contributed by atoms with van der Waals surface area (Å²) in [6.45, 7) is 5.41. The van der Waals surface area contributed by atoms with Crippen LogP contribution in [0.15, 0.2) is 4.99 Å². The second-order valence-electron chi connectivity index (χ2n) is 8.85. The number of rotatable bonds is 6. The molecule has 0 radical (unpaired) electrons. The molecule has 3 aliphatic rings. The lowest BCUT2D eigenvalue weighted by molar-refractivity contribution is -0.130. The van der Waals surface area contributed by atoms with Crippen molar-refractivity contribution < 1.29 is 4.79 Å². The summed E-state index contributed by atoms with van der Waals surface area (Å²) < 4.78 is 0. The van der Waals surface area contributed by atoms with Crippen LogP contribution in [-0.4, -0.2) is 74.0 Å². The molecule has 1 saturated heterocycles. The molecule has 2 unspecified atom stereocenters. The van der Waals surface area contributed by atoms with Crippen LogP contribution >= 0.6 is 24.0 Å². The minimum atomic E-state index is 0. The van der Waals surface area contributed by atoms with E-state index in [9.17, 15) is 4.79 Å². The Hall–Kier alpha value is -0.570. The van der Waals surface area contributed by atoms with Crippen LogP contribution in [0.3, 0.4) is 0 Å². The average molecular weight is 505 g/mol. The van der Waals surface area contributed by atoms with Gasteiger partial charge in [0.1, 0.15) is 0 Å². The monoisotopic (exact) mass is 505 g/mol. The van der Waals surface area contributed by atoms with E-state index in [-0.39, 0.29) is 29.9 Å². The van der Waals surface area contributed by atoms with Crippen LogP contribution in [0.4, 0.5) is 0 Å². The van der Waals surface area contributed by atoms with E-state index in [0.717, 1.165) is 50.3 Å². The number of aliphatic imine (C=N–C) groups is 1. The number of halogens is 1. The van der Waals surface area contributed by atoms with Gasteiger partial charge in [-0.1, -0.05) is 32.1 Å². The van der Waals surface area contributed by atoms with Crippen molar-refractivity contribution in [2.24, 2.45) is 16.8 Å². The number of carbonyl (C=O) groups excluding carboxylic acids is 1. The fraction of sp³-hybridized carbons (Fsp3) is 0.905. The highest BCUT2D eigenvalue weighted by Crippen LogP contribution is 2.44. The third-order valence-electron chi connectivity index (χ3n) is 6.52. The number of nitrogens with one attached hydrogen (secondary N) is 2. The predicted molar refractivity (Wildman–Crippen MR) is 126 cm³/mol. The van der Waals surface area contributed by atoms with Gasteiger partial charge in [-0.15, -0.1) is 24.0 Å². The van der Waals surface area contributed by atoms with E-state index in [2.05, 4.69) is 27.4 Å². The Bertz CT molecular complexity index is 513. The van der Waals surface area contributed by atoms with Crippen molar-refractivity contribution in [2.45, 2.75) is 70.4 Å². The molecule has 0 spiro atoms. The molecule has 0 aromatic heterocycles. The fourth-order valence-electron chi connectivity index (χ4n) is 4.69. The number of hydrogen-bond donors (Lipinski definition) is 2. The molecule has 2 atom stereocenters. The zero-order valence-corrected chi connectivity index (χ0v) is 20.3. The first-order valence-corrected chi connectivity index (χ1v) is 11.1. The van der Waals surface area contributed by atoms with E-state index in [1.54, 1.807) is 4.90 Å². The Morgan fingerprint density at radius 2 is 1.75 bits per heavy atom. The normalized spacial score (nSPS) is 27.0. The lowest BCUT2D eigenvalue weighted by Gasteiger charge is -2.33. The van der Waals surface area contributed by atoms with Gasteiger partial charge in [-0.2, -0.15) is 0 Å². The van der Waals surface area contributed by atoms with Crippen LogP contribution in [-0.2, 0) is 4.79 Å². The minimum Gasteiger partial charge on any atom is -0.354 e. The van der Waals surface area contributed by atoms with Crippen LogP contribution in [0.2, 0.25) is 0 Å². The Kier molecular flexibility index (Phi) is 9.80. The van der Waals surface area contributed by atoms with Gasteiger partial charge in [0, 0.05) is 45.8 Å². The minimum absolute atomic E-state index is 0. The van der Waals surface area contributed by atoms with Crippen LogP contribution in [0.5, 0.6) is 0 Å². The van der Waals surface area contributed by atoms with Gasteiger partial charge in [-0.05, 0) is 38.0 Å². The molecule has 1 heterocycles. The van der Waals surface area contributed by atoms with Crippen molar-refractivity contribution >= 4 is 35.8 Å². The van der Waals surface area contributed by atoms with Crippen molar-refractivity contribution in [3.63, 3.8) is 0 Å². The maximum Gasteiger partial charge on any atom is 0.236 e. The standard InChI is InChI=1S/C21H39N5O.HI/c1-4-22-21(24-19-14-18(19)16-8-6-5-7-9-16)23-17-10-12-26(13-11-17)15-20(27)25(2)3;/h16-19H,4-15H2,1-3H3,(H2,22,23,24);1H. The van der Waals surface area contributed by atoms with E-state index >= 15 is 0 Å². The molecule has 1 aliphatic heterocycles. The maximum absolute atomic E-state index is 11.9. The summed E-state index contributed by atoms with van der Waals surface area (Å²) >= 11 is 0. The summed E-state index contributed by atoms with van der Waals surface area (Å²) in [6.07, 6.45) is 10.6. The second-order valence-corrected chi connectivity index (χ2v) is 8.85. The lowest BCUT2D eigenvalue weighted by atomic mass is 9.85. The van der Waals surface area contributed by atoms with E-state index in [1.807, 2.05) is 14.1 Å². The lowest BCUT2D eigenvalue weighted by Crippen LogP contribution is -2.50. The first kappa shape index (κ1) is 23.7. The molecule has 0 aromatic carbocycles. The van der Waals surface area contributed by atoms with Crippen molar-refractivity contribution in [3.8, 4) is 0 Å². The number of carbonyl (C=O) groups is 1. The van der Waals surface area contributed by atoms with Gasteiger partial charge in [0.05, 0.1) is 6.54 Å². The van der Waals surface area contributed by atoms with Crippen molar-refractivity contribution in [2.75, 3.05) is 40.3 Å². The molecule has 0 bridgehead atoms. The molecule has 0 aromatic rings. The average Bonchev–Trinajstić information content (AvgIpc) is 3.43. The topological polar surface area (TPSA) is 60.0 Å². The van der Waals surface area contributed by atoms with Crippen molar-refractivity contribution in [1.29, 1.82) is 0 Å². The summed E-state index contributed by atoms with van der Waals surface area (Å²) in [5, 5.41) is 7.37. The number of nitrogens with zero attached hydrogens (tertiary/aromatic N) is 3. The third-order valence-corrected chi connectivity index (χ3v) is 6.52. The Labute approximate surface area is 188 Å². The van der Waals surface area contributed by atoms with Gasteiger partial charge in [0.2, 0.25) is 5.91 Å². The summed E-state index contributed by atoms with van der Waals surface area (Å²) in [4.78, 5) is 20.5. The predicted octanol–water partition coefficient (Wildman–Crippen LogP) is 2.68. The summed E-state index contributed by atoms with van der Waals surface area (Å²) in [5.74, 6) is 3.01. The van der Waals surface area contributed by atoms with E-state index < -0.39 is 0 Å². The number of likely N-dealkylation sites (tertiary alicyclic amines) is 1. The molecule has 2 aliphatic carbocycles. The maximum atomic E-state index is 11.9. The third kappa shape index (κ3) is 7.04. The van der Waals surface area contributed by atoms with Gasteiger partial charge < -0.3 is 15.5 Å². The highest BCUT2D eigenvalue weighted by Gasteiger charge is 2.43. The molecule has 6 nitrogen and oxygen atoms in total. The van der Waals surface area contributed by atoms with Gasteiger partial charge in [0.15, 0.2) is 5.96 Å². The zero-order valence-electron chi connectivity index (χ0n) is 18.0. The summed E-state index contributed by atoms with van der Waals surface area (Å²) in [6, 6.07) is 1.09. The number of likely N-dealkylation sites (N-methyl/N-ethyl adjacent to an activating group) is 1. The van der Waals surface area contributed by atoms with E-state index in [4.69, 9.17) is 0 Å². The fourth-order valence-corrected chi connectivity index (χ4v) is 4.69. The number of piperidine rings is 1. The van der Waals surface area contributed by atoms with Crippen LogP contribution < -0.4 is 10.6 Å². The molecule has 2 saturated carbocycles. The largest absolute Gasteiger partial charge is 0.354 e. The molecule has 3 fully saturated rings. The quantitative estimate of drug-likeness (QED) is 0.331. The molecule has 2 N–H and O–H groups in total. The number of guanidine groups is 1.